The highest BCUT2D eigenvalue weighted by Gasteiger charge is 2.28. The van der Waals surface area contributed by atoms with E-state index < -0.39 is 11.7 Å². The molecule has 0 atom stereocenters. The van der Waals surface area contributed by atoms with Gasteiger partial charge in [0.1, 0.15) is 17.3 Å². The minimum Gasteiger partial charge on any atom is -0.497 e. The number of hydrogen-bond donors (Lipinski definition) is 2. The number of rotatable bonds is 5. The zero-order chi connectivity index (χ0) is 22.7. The van der Waals surface area contributed by atoms with Gasteiger partial charge in [-0.1, -0.05) is 18.2 Å². The first-order valence-electron chi connectivity index (χ1n) is 10.2. The summed E-state index contributed by atoms with van der Waals surface area (Å²) >= 11 is 0. The van der Waals surface area contributed by atoms with Gasteiger partial charge >= 0.3 is 0 Å². The van der Waals surface area contributed by atoms with Crippen molar-refractivity contribution in [2.45, 2.75) is 26.2 Å². The van der Waals surface area contributed by atoms with Crippen LogP contribution in [0, 0.1) is 12.7 Å². The Bertz CT molecular complexity index is 1220. The third-order valence-electron chi connectivity index (χ3n) is 5.27. The van der Waals surface area contributed by atoms with Crippen LogP contribution in [0.1, 0.15) is 50.6 Å². The minimum absolute atomic E-state index is 0.0878. The van der Waals surface area contributed by atoms with Crippen LogP contribution in [0.4, 0.5) is 10.1 Å². The van der Waals surface area contributed by atoms with E-state index >= 15 is 0 Å². The number of furan rings is 1. The molecule has 2 N–H and O–H groups in total. The number of halogens is 1. The summed E-state index contributed by atoms with van der Waals surface area (Å²) in [5.74, 6) is -0.195. The SMILES string of the molecule is COc1cccc(NC(=O)c2oc3c(c2C)/C(=N/NC(=O)c2ccccc2F)CCC3)c1. The molecule has 0 spiro atoms. The number of nitrogens with zero attached hydrogens (tertiary/aromatic N) is 1. The van der Waals surface area contributed by atoms with Crippen LogP contribution in [-0.2, 0) is 6.42 Å². The summed E-state index contributed by atoms with van der Waals surface area (Å²) in [6.07, 6.45) is 2.01. The fourth-order valence-corrected chi connectivity index (χ4v) is 3.71. The zero-order valence-electron chi connectivity index (χ0n) is 17.7. The first kappa shape index (κ1) is 21.3. The maximum atomic E-state index is 13.9. The molecule has 0 fully saturated rings. The summed E-state index contributed by atoms with van der Waals surface area (Å²) in [4.78, 5) is 25.2. The summed E-state index contributed by atoms with van der Waals surface area (Å²) in [7, 11) is 1.55. The Hall–Kier alpha value is -3.94. The quantitative estimate of drug-likeness (QED) is 0.579. The fourth-order valence-electron chi connectivity index (χ4n) is 3.71. The molecule has 7 nitrogen and oxygen atoms in total. The van der Waals surface area contributed by atoms with E-state index in [1.165, 1.54) is 18.2 Å². The molecule has 8 heteroatoms. The normalized spacial score (nSPS) is 14.0. The monoisotopic (exact) mass is 435 g/mol. The molecule has 4 rings (SSSR count). The lowest BCUT2D eigenvalue weighted by molar-refractivity contribution is 0.0949. The number of hydrogen-bond acceptors (Lipinski definition) is 5. The van der Waals surface area contributed by atoms with Crippen molar-refractivity contribution in [3.05, 3.63) is 82.6 Å². The van der Waals surface area contributed by atoms with Crippen LogP contribution in [0.15, 0.2) is 58.0 Å². The molecule has 1 aliphatic rings. The molecule has 1 heterocycles. The van der Waals surface area contributed by atoms with Crippen LogP contribution in [0.3, 0.4) is 0 Å². The van der Waals surface area contributed by atoms with Crippen LogP contribution >= 0.6 is 0 Å². The van der Waals surface area contributed by atoms with Gasteiger partial charge in [-0.15, -0.1) is 0 Å². The highest BCUT2D eigenvalue weighted by atomic mass is 19.1. The molecular weight excluding hydrogens is 413 g/mol. The number of amides is 2. The molecule has 0 radical (unpaired) electrons. The van der Waals surface area contributed by atoms with Gasteiger partial charge < -0.3 is 14.5 Å². The van der Waals surface area contributed by atoms with Gasteiger partial charge in [0.2, 0.25) is 0 Å². The molecule has 164 valence electrons. The second-order valence-corrected chi connectivity index (χ2v) is 7.37. The first-order chi connectivity index (χ1) is 15.5. The number of carbonyl (C=O) groups is 2. The maximum absolute atomic E-state index is 13.9. The second kappa shape index (κ2) is 9.05. The van der Waals surface area contributed by atoms with Gasteiger partial charge in [-0.25, -0.2) is 9.82 Å². The fraction of sp³-hybridized carbons (Fsp3) is 0.208. The second-order valence-electron chi connectivity index (χ2n) is 7.37. The van der Waals surface area contributed by atoms with E-state index in [9.17, 15) is 14.0 Å². The lowest BCUT2D eigenvalue weighted by Gasteiger charge is -2.13. The Morgan fingerprint density at radius 2 is 1.91 bits per heavy atom. The minimum atomic E-state index is -0.639. The van der Waals surface area contributed by atoms with Gasteiger partial charge in [-0.2, -0.15) is 5.10 Å². The molecule has 2 aromatic carbocycles. The van der Waals surface area contributed by atoms with E-state index in [-0.39, 0.29) is 17.2 Å². The topological polar surface area (TPSA) is 92.9 Å². The molecule has 2 amide bonds. The number of ether oxygens (including phenoxy) is 1. The Morgan fingerprint density at radius 3 is 2.69 bits per heavy atom. The average Bonchev–Trinajstić information content (AvgIpc) is 3.15. The Balaban J connectivity index is 1.57. The Morgan fingerprint density at radius 1 is 1.09 bits per heavy atom. The summed E-state index contributed by atoms with van der Waals surface area (Å²) in [6, 6.07) is 12.7. The molecule has 1 aliphatic carbocycles. The van der Waals surface area contributed by atoms with Crippen LogP contribution in [0.25, 0.3) is 0 Å². The number of fused-ring (bicyclic) bond motifs is 1. The molecule has 0 saturated carbocycles. The van der Waals surface area contributed by atoms with Gasteiger partial charge in [0, 0.05) is 29.3 Å². The standard InChI is InChI=1S/C24H22FN3O4/c1-14-21-19(27-28-23(29)17-9-3-4-10-18(17)25)11-6-12-20(21)32-22(14)24(30)26-15-7-5-8-16(13-15)31-2/h3-5,7-10,13H,6,11-12H2,1-2H3,(H,26,30)(H,28,29)/b27-19+. The summed E-state index contributed by atoms with van der Waals surface area (Å²) < 4.78 is 24.9. The summed E-state index contributed by atoms with van der Waals surface area (Å²) in [5, 5.41) is 7.04. The number of benzene rings is 2. The van der Waals surface area contributed by atoms with Crippen LogP contribution in [0.5, 0.6) is 5.75 Å². The lowest BCUT2D eigenvalue weighted by atomic mass is 9.93. The zero-order valence-corrected chi connectivity index (χ0v) is 17.7. The molecule has 0 bridgehead atoms. The van der Waals surface area contributed by atoms with Crippen molar-refractivity contribution in [2.24, 2.45) is 5.10 Å². The van der Waals surface area contributed by atoms with Crippen molar-refractivity contribution < 1.29 is 23.1 Å². The smallest absolute Gasteiger partial charge is 0.291 e. The molecule has 32 heavy (non-hydrogen) atoms. The molecule has 0 saturated heterocycles. The van der Waals surface area contributed by atoms with Gasteiger partial charge in [-0.05, 0) is 44.0 Å². The van der Waals surface area contributed by atoms with Gasteiger partial charge in [0.05, 0.1) is 18.4 Å². The van der Waals surface area contributed by atoms with Crippen LogP contribution in [-0.4, -0.2) is 24.6 Å². The van der Waals surface area contributed by atoms with E-state index in [0.29, 0.717) is 46.9 Å². The molecule has 3 aromatic rings. The van der Waals surface area contributed by atoms with Crippen molar-refractivity contribution in [2.75, 3.05) is 12.4 Å². The van der Waals surface area contributed by atoms with Crippen molar-refractivity contribution in [1.82, 2.24) is 5.43 Å². The molecule has 0 aliphatic heterocycles. The number of anilines is 1. The van der Waals surface area contributed by atoms with Crippen molar-refractivity contribution in [3.8, 4) is 5.75 Å². The average molecular weight is 435 g/mol. The Labute approximate surface area is 184 Å². The highest BCUT2D eigenvalue weighted by Crippen LogP contribution is 2.30. The van der Waals surface area contributed by atoms with E-state index in [0.717, 1.165) is 6.42 Å². The Kier molecular flexibility index (Phi) is 6.02. The first-order valence-corrected chi connectivity index (χ1v) is 10.2. The molecule has 0 unspecified atom stereocenters. The van der Waals surface area contributed by atoms with E-state index in [1.54, 1.807) is 44.4 Å². The van der Waals surface area contributed by atoms with Gasteiger partial charge in [0.25, 0.3) is 11.8 Å². The van der Waals surface area contributed by atoms with Crippen molar-refractivity contribution in [1.29, 1.82) is 0 Å². The number of nitrogens with one attached hydrogen (secondary N) is 2. The predicted octanol–water partition coefficient (Wildman–Crippen LogP) is 4.46. The van der Waals surface area contributed by atoms with Crippen LogP contribution in [0.2, 0.25) is 0 Å². The highest BCUT2D eigenvalue weighted by molar-refractivity contribution is 6.09. The number of aryl methyl sites for hydroxylation is 1. The summed E-state index contributed by atoms with van der Waals surface area (Å²) in [6.45, 7) is 1.78. The third-order valence-corrected chi connectivity index (χ3v) is 5.27. The largest absolute Gasteiger partial charge is 0.497 e. The number of hydrazone groups is 1. The van der Waals surface area contributed by atoms with Gasteiger partial charge in [0.15, 0.2) is 5.76 Å². The van der Waals surface area contributed by atoms with Crippen molar-refractivity contribution >= 4 is 23.2 Å². The third kappa shape index (κ3) is 4.25. The predicted molar refractivity (Wildman–Crippen MR) is 118 cm³/mol. The number of carbonyl (C=O) groups excluding carboxylic acids is 2. The van der Waals surface area contributed by atoms with E-state index in [2.05, 4.69) is 15.8 Å². The maximum Gasteiger partial charge on any atom is 0.291 e. The lowest BCUT2D eigenvalue weighted by Crippen LogP contribution is -2.23. The molecule has 1 aromatic heterocycles. The molecular formula is C24H22FN3O4. The van der Waals surface area contributed by atoms with E-state index in [1.807, 2.05) is 0 Å². The van der Waals surface area contributed by atoms with Gasteiger partial charge in [-0.3, -0.25) is 9.59 Å². The van der Waals surface area contributed by atoms with Crippen molar-refractivity contribution in [3.63, 3.8) is 0 Å². The number of methoxy groups -OCH3 is 1. The summed E-state index contributed by atoms with van der Waals surface area (Å²) in [5.41, 5.74) is 4.85. The van der Waals surface area contributed by atoms with Crippen LogP contribution < -0.4 is 15.5 Å². The van der Waals surface area contributed by atoms with E-state index in [4.69, 9.17) is 9.15 Å².